The van der Waals surface area contributed by atoms with Gasteiger partial charge in [-0.3, -0.25) is 4.79 Å². The minimum atomic E-state index is -3.60. The van der Waals surface area contributed by atoms with Crippen molar-refractivity contribution >= 4 is 27.4 Å². The van der Waals surface area contributed by atoms with Gasteiger partial charge >= 0.3 is 0 Å². The van der Waals surface area contributed by atoms with Gasteiger partial charge in [-0.1, -0.05) is 0 Å². The molecule has 0 aliphatic carbocycles. The summed E-state index contributed by atoms with van der Waals surface area (Å²) in [4.78, 5) is 22.5. The molecule has 3 aliphatic rings. The fourth-order valence-corrected chi connectivity index (χ4v) is 6.37. The zero-order chi connectivity index (χ0) is 20.9. The Hall–Kier alpha value is -2.52. The van der Waals surface area contributed by atoms with Gasteiger partial charge in [0.15, 0.2) is 0 Å². The largest absolute Gasteiger partial charge is 0.353 e. The van der Waals surface area contributed by atoms with E-state index in [-0.39, 0.29) is 18.0 Å². The molecule has 3 saturated heterocycles. The minimum absolute atomic E-state index is 0.0660. The highest BCUT2D eigenvalue weighted by Crippen LogP contribution is 2.39. The molecule has 1 amide bonds. The molecule has 1 N–H and O–H groups in total. The van der Waals surface area contributed by atoms with Crippen molar-refractivity contribution in [2.24, 2.45) is 0 Å². The van der Waals surface area contributed by atoms with Gasteiger partial charge < -0.3 is 10.2 Å². The van der Waals surface area contributed by atoms with E-state index in [1.165, 1.54) is 6.92 Å². The first-order valence-electron chi connectivity index (χ1n) is 9.64. The molecular weight excluding hydrogens is 390 g/mol. The topological polar surface area (TPSA) is 95.5 Å². The van der Waals surface area contributed by atoms with Gasteiger partial charge in [-0.2, -0.15) is 4.31 Å². The quantitative estimate of drug-likeness (QED) is 0.821. The summed E-state index contributed by atoms with van der Waals surface area (Å²) in [6, 6.07) is 6.73. The molecule has 2 atom stereocenters. The predicted molar refractivity (Wildman–Crippen MR) is 110 cm³/mol. The van der Waals surface area contributed by atoms with E-state index in [4.69, 9.17) is 0 Å². The molecule has 2 bridgehead atoms. The first-order valence-corrected chi connectivity index (χ1v) is 11.1. The number of hydrogen-bond acceptors (Lipinski definition) is 6. The first-order chi connectivity index (χ1) is 13.6. The van der Waals surface area contributed by atoms with Crippen molar-refractivity contribution in [3.63, 3.8) is 0 Å². The molecule has 2 unspecified atom stereocenters. The third-order valence-electron chi connectivity index (χ3n) is 5.45. The van der Waals surface area contributed by atoms with Crippen LogP contribution in [0.25, 0.3) is 0 Å². The van der Waals surface area contributed by atoms with Gasteiger partial charge in [0.25, 0.3) is 0 Å². The molecule has 3 aliphatic heterocycles. The van der Waals surface area contributed by atoms with E-state index in [0.29, 0.717) is 29.2 Å². The smallest absolute Gasteiger partial charge is 0.243 e. The number of sulfonamides is 1. The van der Waals surface area contributed by atoms with Crippen molar-refractivity contribution in [2.75, 3.05) is 23.3 Å². The number of fused-ring (bicyclic) bond motifs is 2. The number of nitrogens with one attached hydrogen (secondary N) is 1. The minimum Gasteiger partial charge on any atom is -0.353 e. The monoisotopic (exact) mass is 415 g/mol. The number of carbonyl (C=O) groups is 1. The van der Waals surface area contributed by atoms with E-state index in [1.54, 1.807) is 29.4 Å². The number of nitrogens with zero attached hydrogens (tertiary/aromatic N) is 4. The Morgan fingerprint density at radius 3 is 2.38 bits per heavy atom. The summed E-state index contributed by atoms with van der Waals surface area (Å²) in [6.45, 7) is 8.22. The molecule has 4 heterocycles. The summed E-state index contributed by atoms with van der Waals surface area (Å²) < 4.78 is 28.3. The van der Waals surface area contributed by atoms with E-state index < -0.39 is 10.0 Å². The lowest BCUT2D eigenvalue weighted by molar-refractivity contribution is -0.114. The maximum Gasteiger partial charge on any atom is 0.243 e. The Labute approximate surface area is 171 Å². The summed E-state index contributed by atoms with van der Waals surface area (Å²) in [5.74, 6) is 1.39. The molecule has 0 radical (unpaired) electrons. The van der Waals surface area contributed by atoms with Crippen LogP contribution in [0.5, 0.6) is 0 Å². The summed E-state index contributed by atoms with van der Waals surface area (Å²) >= 11 is 0. The van der Waals surface area contributed by atoms with Gasteiger partial charge in [-0.05, 0) is 51.0 Å². The number of anilines is 2. The van der Waals surface area contributed by atoms with E-state index in [1.807, 2.05) is 19.9 Å². The normalized spacial score (nSPS) is 21.6. The zero-order valence-corrected chi connectivity index (χ0v) is 17.8. The highest BCUT2D eigenvalue weighted by atomic mass is 32.2. The number of amides is 1. The van der Waals surface area contributed by atoms with Crippen molar-refractivity contribution in [3.05, 3.63) is 41.3 Å². The van der Waals surface area contributed by atoms with Crippen LogP contribution in [0.4, 0.5) is 11.5 Å². The number of rotatable bonds is 4. The number of aryl methyl sites for hydroxylation is 3. The van der Waals surface area contributed by atoms with Crippen LogP contribution in [0.15, 0.2) is 29.2 Å². The van der Waals surface area contributed by atoms with E-state index in [9.17, 15) is 13.2 Å². The van der Waals surface area contributed by atoms with Crippen molar-refractivity contribution in [2.45, 2.75) is 51.1 Å². The SMILES string of the molecule is CC(=O)Nc1ccc(S(=O)(=O)N2C3CC2CN(c2cc(C)nc(C)n2)C3)c(C)c1. The van der Waals surface area contributed by atoms with Crippen molar-refractivity contribution < 1.29 is 13.2 Å². The average Bonchev–Trinajstić information content (AvgIpc) is 2.59. The second kappa shape index (κ2) is 7.07. The Balaban J connectivity index is 1.55. The molecule has 1 aromatic heterocycles. The van der Waals surface area contributed by atoms with E-state index in [0.717, 1.165) is 23.8 Å². The maximum atomic E-state index is 13.3. The van der Waals surface area contributed by atoms with Crippen molar-refractivity contribution in [1.82, 2.24) is 14.3 Å². The molecule has 9 heteroatoms. The fraction of sp³-hybridized carbons (Fsp3) is 0.450. The standard InChI is InChI=1S/C20H25N5O3S/c1-12-7-16(23-15(4)26)5-6-19(12)29(27,28)25-17-9-18(25)11-24(10-17)20-8-13(2)21-14(3)22-20/h5-8,17-18H,9-11H2,1-4H3,(H,23,26). The lowest BCUT2D eigenvalue weighted by Crippen LogP contribution is -2.70. The Morgan fingerprint density at radius 2 is 1.79 bits per heavy atom. The van der Waals surface area contributed by atoms with Crippen molar-refractivity contribution in [3.8, 4) is 0 Å². The third-order valence-corrected chi connectivity index (χ3v) is 7.62. The van der Waals surface area contributed by atoms with Crippen LogP contribution in [0.1, 0.15) is 30.4 Å². The lowest BCUT2D eigenvalue weighted by Gasteiger charge is -2.55. The number of carbonyl (C=O) groups excluding carboxylic acids is 1. The van der Waals surface area contributed by atoms with Gasteiger partial charge in [0.05, 0.1) is 4.90 Å². The molecular formula is C20H25N5O3S. The van der Waals surface area contributed by atoms with Gasteiger partial charge in [0.2, 0.25) is 15.9 Å². The Bertz CT molecular complexity index is 1050. The van der Waals surface area contributed by atoms with Crippen LogP contribution in [-0.2, 0) is 14.8 Å². The van der Waals surface area contributed by atoms with Crippen LogP contribution in [0, 0.1) is 20.8 Å². The molecule has 8 nitrogen and oxygen atoms in total. The predicted octanol–water partition coefficient (Wildman–Crippen LogP) is 2.01. The van der Waals surface area contributed by atoms with E-state index in [2.05, 4.69) is 20.2 Å². The molecule has 5 rings (SSSR count). The lowest BCUT2D eigenvalue weighted by atomic mass is 9.91. The van der Waals surface area contributed by atoms with E-state index >= 15 is 0 Å². The van der Waals surface area contributed by atoms with Crippen LogP contribution < -0.4 is 10.2 Å². The highest BCUT2D eigenvalue weighted by molar-refractivity contribution is 7.89. The highest BCUT2D eigenvalue weighted by Gasteiger charge is 2.51. The van der Waals surface area contributed by atoms with Crippen LogP contribution >= 0.6 is 0 Å². The number of piperidine rings is 1. The molecule has 1 aromatic carbocycles. The first kappa shape index (κ1) is 19.8. The van der Waals surface area contributed by atoms with Gasteiger partial charge in [-0.15, -0.1) is 0 Å². The van der Waals surface area contributed by atoms with Crippen LogP contribution in [0.2, 0.25) is 0 Å². The van der Waals surface area contributed by atoms with Crippen LogP contribution in [0.3, 0.4) is 0 Å². The summed E-state index contributed by atoms with van der Waals surface area (Å²) in [6.07, 6.45) is 0.863. The fourth-order valence-electron chi connectivity index (χ4n) is 4.35. The molecule has 154 valence electrons. The van der Waals surface area contributed by atoms with Crippen molar-refractivity contribution in [1.29, 1.82) is 0 Å². The molecule has 3 fully saturated rings. The summed E-state index contributed by atoms with van der Waals surface area (Å²) in [5, 5.41) is 2.69. The Morgan fingerprint density at radius 1 is 1.10 bits per heavy atom. The second-order valence-corrected chi connectivity index (χ2v) is 9.67. The number of benzene rings is 1. The maximum absolute atomic E-state index is 13.3. The summed E-state index contributed by atoms with van der Waals surface area (Å²) in [7, 11) is -3.60. The zero-order valence-electron chi connectivity index (χ0n) is 17.0. The Kier molecular flexibility index (Phi) is 4.82. The second-order valence-electron chi connectivity index (χ2n) is 7.86. The molecule has 0 saturated carbocycles. The molecule has 0 spiro atoms. The average molecular weight is 416 g/mol. The van der Waals surface area contributed by atoms with Gasteiger partial charge in [-0.25, -0.2) is 18.4 Å². The number of piperazine rings is 1. The summed E-state index contributed by atoms with van der Waals surface area (Å²) in [5.41, 5.74) is 2.13. The van der Waals surface area contributed by atoms with Gasteiger partial charge in [0, 0.05) is 49.5 Å². The van der Waals surface area contributed by atoms with Crippen LogP contribution in [-0.4, -0.2) is 53.8 Å². The number of aromatic nitrogens is 2. The molecule has 2 aromatic rings. The third kappa shape index (κ3) is 3.60. The molecule has 29 heavy (non-hydrogen) atoms. The van der Waals surface area contributed by atoms with Gasteiger partial charge in [0.1, 0.15) is 11.6 Å². The number of hydrogen-bond donors (Lipinski definition) is 1.